The summed E-state index contributed by atoms with van der Waals surface area (Å²) in [4.78, 5) is 23.3. The Balaban J connectivity index is 2.05. The van der Waals surface area contributed by atoms with Crippen LogP contribution < -0.4 is 0 Å². The maximum atomic E-state index is 12.6. The Bertz CT molecular complexity index is 700. The Kier molecular flexibility index (Phi) is 6.21. The van der Waals surface area contributed by atoms with Crippen LogP contribution in [0.2, 0.25) is 0 Å². The van der Waals surface area contributed by atoms with E-state index in [1.807, 2.05) is 24.8 Å². The first-order chi connectivity index (χ1) is 11.3. The van der Waals surface area contributed by atoms with E-state index >= 15 is 0 Å². The number of thioether (sulfide) groups is 1. The lowest BCUT2D eigenvalue weighted by Crippen LogP contribution is -2.38. The topological polar surface area (TPSA) is 63.4 Å². The predicted octanol–water partition coefficient (Wildman–Crippen LogP) is 2.97. The van der Waals surface area contributed by atoms with Gasteiger partial charge in [-0.3, -0.25) is 4.79 Å². The van der Waals surface area contributed by atoms with E-state index in [0.29, 0.717) is 28.5 Å². The molecule has 0 bridgehead atoms. The molecule has 0 aliphatic rings. The fourth-order valence-corrected chi connectivity index (χ4v) is 3.31. The van der Waals surface area contributed by atoms with Gasteiger partial charge in [0, 0.05) is 24.5 Å². The number of amides is 1. The normalized spacial score (nSPS) is 11.7. The molecule has 0 unspecified atom stereocenters. The Labute approximate surface area is 148 Å². The molecule has 2 aromatic rings. The molecule has 0 fully saturated rings. The molecule has 6 nitrogen and oxygen atoms in total. The van der Waals surface area contributed by atoms with Gasteiger partial charge < -0.3 is 4.90 Å². The van der Waals surface area contributed by atoms with Gasteiger partial charge in [0.1, 0.15) is 0 Å². The van der Waals surface area contributed by atoms with E-state index in [-0.39, 0.29) is 5.91 Å². The maximum Gasteiger partial charge on any atom is 0.253 e. The molecule has 2 rings (SSSR count). The van der Waals surface area contributed by atoms with Crippen molar-refractivity contribution in [3.63, 3.8) is 0 Å². The second kappa shape index (κ2) is 7.96. The Hall–Kier alpha value is -1.63. The molecule has 1 amide bonds. The first-order valence-electron chi connectivity index (χ1n) is 8.38. The van der Waals surface area contributed by atoms with Gasteiger partial charge in [-0.1, -0.05) is 39.5 Å². The molecule has 2 heterocycles. The molecule has 0 atom stereocenters. The van der Waals surface area contributed by atoms with Crippen LogP contribution in [0.1, 0.15) is 39.1 Å². The van der Waals surface area contributed by atoms with Crippen molar-refractivity contribution < 1.29 is 4.79 Å². The summed E-state index contributed by atoms with van der Waals surface area (Å²) in [6.45, 7) is 14.0. The highest BCUT2D eigenvalue weighted by Gasteiger charge is 2.18. The molecule has 24 heavy (non-hydrogen) atoms. The summed E-state index contributed by atoms with van der Waals surface area (Å²) in [7, 11) is 0. The van der Waals surface area contributed by atoms with E-state index < -0.39 is 0 Å². The molecule has 0 aliphatic carbocycles. The zero-order valence-corrected chi connectivity index (χ0v) is 16.2. The number of fused-ring (bicyclic) bond motifs is 1. The zero-order valence-electron chi connectivity index (χ0n) is 15.4. The van der Waals surface area contributed by atoms with Gasteiger partial charge in [-0.15, -0.1) is 5.10 Å². The number of carbonyl (C=O) groups excluding carboxylic acids is 1. The summed E-state index contributed by atoms with van der Waals surface area (Å²) in [6, 6.07) is 1.97. The molecule has 2 aromatic heterocycles. The van der Waals surface area contributed by atoms with Crippen molar-refractivity contribution in [1.29, 1.82) is 0 Å². The van der Waals surface area contributed by atoms with Crippen LogP contribution in [-0.4, -0.2) is 49.2 Å². The molecule has 0 saturated heterocycles. The molecule has 0 radical (unpaired) electrons. The fourth-order valence-electron chi connectivity index (χ4n) is 2.59. The lowest BCUT2D eigenvalue weighted by atomic mass is 10.1. The van der Waals surface area contributed by atoms with E-state index in [4.69, 9.17) is 0 Å². The van der Waals surface area contributed by atoms with Gasteiger partial charge in [0.15, 0.2) is 0 Å². The van der Waals surface area contributed by atoms with Crippen molar-refractivity contribution in [2.75, 3.05) is 18.8 Å². The van der Waals surface area contributed by atoms with Gasteiger partial charge in [-0.05, 0) is 31.7 Å². The lowest BCUT2D eigenvalue weighted by Gasteiger charge is -2.26. The SMILES string of the molecule is Cc1cc(C)n2nc(SCC(=O)N(CC(C)C)CC(C)C)nc2n1. The highest BCUT2D eigenvalue weighted by atomic mass is 32.2. The van der Waals surface area contributed by atoms with Gasteiger partial charge in [-0.2, -0.15) is 4.98 Å². The van der Waals surface area contributed by atoms with Gasteiger partial charge in [0.05, 0.1) is 5.75 Å². The van der Waals surface area contributed by atoms with E-state index in [1.165, 1.54) is 11.8 Å². The Morgan fingerprint density at radius 1 is 1.17 bits per heavy atom. The molecule has 0 N–H and O–H groups in total. The number of rotatable bonds is 7. The molecular formula is C17H27N5OS. The van der Waals surface area contributed by atoms with Crippen LogP contribution in [0.5, 0.6) is 0 Å². The summed E-state index contributed by atoms with van der Waals surface area (Å²) in [6.07, 6.45) is 0. The van der Waals surface area contributed by atoms with Crippen molar-refractivity contribution in [3.05, 3.63) is 17.5 Å². The monoisotopic (exact) mass is 349 g/mol. The van der Waals surface area contributed by atoms with Crippen LogP contribution in [0, 0.1) is 25.7 Å². The minimum absolute atomic E-state index is 0.141. The number of hydrogen-bond acceptors (Lipinski definition) is 5. The molecule has 7 heteroatoms. The van der Waals surface area contributed by atoms with E-state index in [9.17, 15) is 4.79 Å². The number of aryl methyl sites for hydroxylation is 2. The first kappa shape index (κ1) is 18.7. The molecule has 0 aromatic carbocycles. The number of hydrogen-bond donors (Lipinski definition) is 0. The molecule has 132 valence electrons. The summed E-state index contributed by atoms with van der Waals surface area (Å²) < 4.78 is 1.72. The highest BCUT2D eigenvalue weighted by Crippen LogP contribution is 2.17. The van der Waals surface area contributed by atoms with Crippen LogP contribution in [0.25, 0.3) is 5.78 Å². The average Bonchev–Trinajstić information content (AvgIpc) is 2.86. The third kappa shape index (κ3) is 4.93. The fraction of sp³-hybridized carbons (Fsp3) is 0.647. The summed E-state index contributed by atoms with van der Waals surface area (Å²) in [5, 5.41) is 5.04. The van der Waals surface area contributed by atoms with Crippen molar-refractivity contribution in [3.8, 4) is 0 Å². The Morgan fingerprint density at radius 2 is 1.79 bits per heavy atom. The molecule has 0 aliphatic heterocycles. The predicted molar refractivity (Wildman–Crippen MR) is 97.2 cm³/mol. The highest BCUT2D eigenvalue weighted by molar-refractivity contribution is 7.99. The maximum absolute atomic E-state index is 12.6. The average molecular weight is 350 g/mol. The van der Waals surface area contributed by atoms with Gasteiger partial charge >= 0.3 is 0 Å². The standard InChI is InChI=1S/C17H27N5OS/c1-11(2)8-21(9-12(3)4)15(23)10-24-17-19-16-18-13(5)7-14(6)22(16)20-17/h7,11-12H,8-10H2,1-6H3. The zero-order chi connectivity index (χ0) is 17.9. The number of nitrogens with zero attached hydrogens (tertiary/aromatic N) is 5. The molecule has 0 saturated carbocycles. The van der Waals surface area contributed by atoms with E-state index in [2.05, 4.69) is 42.8 Å². The van der Waals surface area contributed by atoms with Crippen LogP contribution in [0.3, 0.4) is 0 Å². The second-order valence-electron chi connectivity index (χ2n) is 7.02. The molecule has 0 spiro atoms. The van der Waals surface area contributed by atoms with Crippen molar-refractivity contribution in [1.82, 2.24) is 24.5 Å². The van der Waals surface area contributed by atoms with E-state index in [1.54, 1.807) is 4.52 Å². The van der Waals surface area contributed by atoms with Crippen LogP contribution >= 0.6 is 11.8 Å². The largest absolute Gasteiger partial charge is 0.341 e. The van der Waals surface area contributed by atoms with E-state index in [0.717, 1.165) is 24.5 Å². The molecular weight excluding hydrogens is 322 g/mol. The summed E-state index contributed by atoms with van der Waals surface area (Å²) in [5.74, 6) is 2.00. The third-order valence-corrected chi connectivity index (χ3v) is 4.27. The van der Waals surface area contributed by atoms with Crippen LogP contribution in [-0.2, 0) is 4.79 Å². The van der Waals surface area contributed by atoms with Crippen molar-refractivity contribution >= 4 is 23.4 Å². The van der Waals surface area contributed by atoms with Crippen LogP contribution in [0.4, 0.5) is 0 Å². The lowest BCUT2D eigenvalue weighted by molar-refractivity contribution is -0.129. The van der Waals surface area contributed by atoms with Crippen LogP contribution in [0.15, 0.2) is 11.2 Å². The van der Waals surface area contributed by atoms with Gasteiger partial charge in [0.2, 0.25) is 11.1 Å². The Morgan fingerprint density at radius 3 is 2.38 bits per heavy atom. The minimum atomic E-state index is 0.141. The van der Waals surface area contributed by atoms with Gasteiger partial charge in [0.25, 0.3) is 5.78 Å². The second-order valence-corrected chi connectivity index (χ2v) is 7.96. The summed E-state index contributed by atoms with van der Waals surface area (Å²) in [5.41, 5.74) is 1.91. The first-order valence-corrected chi connectivity index (χ1v) is 9.36. The van der Waals surface area contributed by atoms with Crippen molar-refractivity contribution in [2.24, 2.45) is 11.8 Å². The van der Waals surface area contributed by atoms with Gasteiger partial charge in [-0.25, -0.2) is 9.50 Å². The number of carbonyl (C=O) groups is 1. The quantitative estimate of drug-likeness (QED) is 0.719. The number of aromatic nitrogens is 4. The van der Waals surface area contributed by atoms with Crippen molar-refractivity contribution in [2.45, 2.75) is 46.7 Å². The minimum Gasteiger partial charge on any atom is -0.341 e. The summed E-state index contributed by atoms with van der Waals surface area (Å²) >= 11 is 1.38. The third-order valence-electron chi connectivity index (χ3n) is 3.45. The smallest absolute Gasteiger partial charge is 0.253 e.